The largest absolute Gasteiger partial charge is 0.308 e. The van der Waals surface area contributed by atoms with Crippen molar-refractivity contribution >= 4 is 88.3 Å². The van der Waals surface area contributed by atoms with E-state index in [1.165, 1.54) is 76.8 Å². The van der Waals surface area contributed by atoms with E-state index in [1.807, 2.05) is 0 Å². The van der Waals surface area contributed by atoms with Gasteiger partial charge in [-0.3, -0.25) is 2.78 Å². The molecule has 9 aromatic rings. The van der Waals surface area contributed by atoms with E-state index in [0.29, 0.717) is 0 Å². The standard InChI is InChI=1S/C36H22IN3/c37-40-30-22-12-9-19-27(30)33-35-31(25-17-7-10-20-28(25)38(35)23-13-3-1-4-14-23)34-32(36(33)40)26-18-8-11-21-29(26)39(34)24-15-5-2-6-16-24/h1-22H. The van der Waals surface area contributed by atoms with Crippen molar-refractivity contribution in [2.24, 2.45) is 0 Å². The Morgan fingerprint density at radius 2 is 0.700 bits per heavy atom. The number of fused-ring (bicyclic) bond motifs is 12. The first-order valence-corrected chi connectivity index (χ1v) is 14.5. The van der Waals surface area contributed by atoms with Crippen molar-refractivity contribution in [2.75, 3.05) is 0 Å². The average Bonchev–Trinajstić information content (AvgIpc) is 3.64. The summed E-state index contributed by atoms with van der Waals surface area (Å²) in [6.07, 6.45) is 0. The van der Waals surface area contributed by atoms with Crippen molar-refractivity contribution in [3.63, 3.8) is 0 Å². The molecule has 188 valence electrons. The number of benzene rings is 6. The maximum absolute atomic E-state index is 2.51. The summed E-state index contributed by atoms with van der Waals surface area (Å²) >= 11 is 2.51. The third-order valence-corrected chi connectivity index (χ3v) is 9.31. The van der Waals surface area contributed by atoms with Crippen LogP contribution in [0.15, 0.2) is 133 Å². The monoisotopic (exact) mass is 623 g/mol. The second kappa shape index (κ2) is 8.23. The Bertz CT molecular complexity index is 2360. The van der Waals surface area contributed by atoms with Crippen molar-refractivity contribution in [1.29, 1.82) is 0 Å². The molecule has 40 heavy (non-hydrogen) atoms. The van der Waals surface area contributed by atoms with E-state index >= 15 is 0 Å². The number of rotatable bonds is 2. The van der Waals surface area contributed by atoms with Gasteiger partial charge in [-0.05, 0) is 42.5 Å². The van der Waals surface area contributed by atoms with Crippen LogP contribution in [0.25, 0.3) is 76.8 Å². The normalized spacial score (nSPS) is 12.1. The lowest BCUT2D eigenvalue weighted by Gasteiger charge is -2.12. The van der Waals surface area contributed by atoms with Gasteiger partial charge in [-0.1, -0.05) is 91.0 Å². The molecule has 3 nitrogen and oxygen atoms in total. The van der Waals surface area contributed by atoms with Gasteiger partial charge in [0, 0.05) is 43.7 Å². The molecule has 0 spiro atoms. The van der Waals surface area contributed by atoms with Crippen LogP contribution in [0.4, 0.5) is 0 Å². The lowest BCUT2D eigenvalue weighted by Crippen LogP contribution is -1.96. The van der Waals surface area contributed by atoms with E-state index in [9.17, 15) is 0 Å². The molecule has 0 N–H and O–H groups in total. The Labute approximate surface area is 244 Å². The summed E-state index contributed by atoms with van der Waals surface area (Å²) in [6, 6.07) is 48.2. The van der Waals surface area contributed by atoms with E-state index < -0.39 is 0 Å². The van der Waals surface area contributed by atoms with Crippen molar-refractivity contribution < 1.29 is 0 Å². The molecule has 3 heterocycles. The van der Waals surface area contributed by atoms with Crippen LogP contribution in [-0.4, -0.2) is 11.9 Å². The predicted molar refractivity (Wildman–Crippen MR) is 178 cm³/mol. The van der Waals surface area contributed by atoms with Crippen LogP contribution in [-0.2, 0) is 0 Å². The highest BCUT2D eigenvalue weighted by atomic mass is 127. The molecule has 6 aromatic carbocycles. The number of hydrogen-bond donors (Lipinski definition) is 0. The van der Waals surface area contributed by atoms with E-state index in [2.05, 4.69) is 168 Å². The van der Waals surface area contributed by atoms with Crippen LogP contribution < -0.4 is 0 Å². The molecule has 0 bridgehead atoms. The molecule has 0 fully saturated rings. The van der Waals surface area contributed by atoms with Gasteiger partial charge in [-0.2, -0.15) is 0 Å². The molecule has 0 aliphatic heterocycles. The minimum absolute atomic E-state index is 1.17. The molecule has 4 heteroatoms. The molecule has 0 radical (unpaired) electrons. The minimum atomic E-state index is 1.17. The zero-order valence-corrected chi connectivity index (χ0v) is 23.6. The molecule has 0 aliphatic rings. The van der Waals surface area contributed by atoms with E-state index in [-0.39, 0.29) is 0 Å². The highest BCUT2D eigenvalue weighted by Crippen LogP contribution is 2.49. The van der Waals surface area contributed by atoms with Gasteiger partial charge in [0.2, 0.25) is 0 Å². The SMILES string of the molecule is In1c2ccccc2c2c1c1c3ccccc3n(-c3ccccc3)c1c1c3ccccc3n(-c3ccccc3)c21. The minimum Gasteiger partial charge on any atom is -0.308 e. The van der Waals surface area contributed by atoms with Crippen LogP contribution in [0.2, 0.25) is 0 Å². The van der Waals surface area contributed by atoms with E-state index in [1.54, 1.807) is 0 Å². The van der Waals surface area contributed by atoms with Gasteiger partial charge < -0.3 is 9.13 Å². The van der Waals surface area contributed by atoms with Gasteiger partial charge >= 0.3 is 0 Å². The Morgan fingerprint density at radius 3 is 1.18 bits per heavy atom. The van der Waals surface area contributed by atoms with Crippen molar-refractivity contribution in [1.82, 2.24) is 11.9 Å². The van der Waals surface area contributed by atoms with Gasteiger partial charge in [-0.15, -0.1) is 0 Å². The predicted octanol–water partition coefficient (Wildman–Crippen LogP) is 10.2. The molecule has 3 aromatic heterocycles. The maximum Gasteiger partial charge on any atom is 0.0712 e. The van der Waals surface area contributed by atoms with Gasteiger partial charge in [0.25, 0.3) is 0 Å². The van der Waals surface area contributed by atoms with Gasteiger partial charge in [0.05, 0.1) is 56.0 Å². The summed E-state index contributed by atoms with van der Waals surface area (Å²) in [5.41, 5.74) is 9.76. The van der Waals surface area contributed by atoms with Crippen molar-refractivity contribution in [3.8, 4) is 11.4 Å². The highest BCUT2D eigenvalue weighted by Gasteiger charge is 2.27. The highest BCUT2D eigenvalue weighted by molar-refractivity contribution is 14.1. The maximum atomic E-state index is 2.51. The fourth-order valence-corrected chi connectivity index (χ4v) is 7.69. The summed E-state index contributed by atoms with van der Waals surface area (Å²) in [5.74, 6) is 0. The van der Waals surface area contributed by atoms with Crippen LogP contribution in [0.3, 0.4) is 0 Å². The molecule has 0 amide bonds. The lowest BCUT2D eigenvalue weighted by atomic mass is 10.0. The lowest BCUT2D eigenvalue weighted by molar-refractivity contribution is 1.18. The van der Waals surface area contributed by atoms with Crippen molar-refractivity contribution in [3.05, 3.63) is 133 Å². The van der Waals surface area contributed by atoms with Gasteiger partial charge in [-0.25, -0.2) is 0 Å². The quantitative estimate of drug-likeness (QED) is 0.170. The molecule has 0 aliphatic carbocycles. The third-order valence-electron chi connectivity index (χ3n) is 8.31. The second-order valence-electron chi connectivity index (χ2n) is 10.3. The number of hydrogen-bond acceptors (Lipinski definition) is 0. The first kappa shape index (κ1) is 22.3. The Hall–Kier alpha value is -4.55. The van der Waals surface area contributed by atoms with Gasteiger partial charge in [0.1, 0.15) is 0 Å². The van der Waals surface area contributed by atoms with E-state index in [4.69, 9.17) is 0 Å². The molecular formula is C36H22IN3. The second-order valence-corrected chi connectivity index (χ2v) is 11.3. The summed E-state index contributed by atoms with van der Waals surface area (Å²) in [5, 5.41) is 7.68. The van der Waals surface area contributed by atoms with E-state index in [0.717, 1.165) is 0 Å². The van der Waals surface area contributed by atoms with Crippen LogP contribution >= 0.6 is 22.9 Å². The Morgan fingerprint density at radius 1 is 0.350 bits per heavy atom. The average molecular weight is 623 g/mol. The molecule has 0 saturated heterocycles. The zero-order valence-electron chi connectivity index (χ0n) is 21.4. The smallest absolute Gasteiger partial charge is 0.0712 e. The molecule has 0 unspecified atom stereocenters. The molecule has 0 atom stereocenters. The van der Waals surface area contributed by atoms with Gasteiger partial charge in [0.15, 0.2) is 0 Å². The first-order valence-electron chi connectivity index (χ1n) is 13.5. The zero-order chi connectivity index (χ0) is 26.4. The third kappa shape index (κ3) is 2.79. The molecular weight excluding hydrogens is 601 g/mol. The van der Waals surface area contributed by atoms with Crippen molar-refractivity contribution in [2.45, 2.75) is 0 Å². The number of halogens is 1. The van der Waals surface area contributed by atoms with Crippen LogP contribution in [0, 0.1) is 0 Å². The summed E-state index contributed by atoms with van der Waals surface area (Å²) in [4.78, 5) is 0. The number of nitrogens with zero attached hydrogens (tertiary/aromatic N) is 3. The fourth-order valence-electron chi connectivity index (χ4n) is 6.79. The topological polar surface area (TPSA) is 14.8 Å². The summed E-state index contributed by atoms with van der Waals surface area (Å²) in [7, 11) is 0. The Kier molecular flexibility index (Phi) is 4.58. The summed E-state index contributed by atoms with van der Waals surface area (Å²) in [6.45, 7) is 0. The molecule has 9 rings (SSSR count). The summed E-state index contributed by atoms with van der Waals surface area (Å²) < 4.78 is 7.32. The fraction of sp³-hybridized carbons (Fsp3) is 0. The molecule has 0 saturated carbocycles. The van der Waals surface area contributed by atoms with Crippen LogP contribution in [0.5, 0.6) is 0 Å². The first-order chi connectivity index (χ1) is 19.8. The number of para-hydroxylation sites is 5. The Balaban J connectivity index is 1.72. The van der Waals surface area contributed by atoms with Crippen LogP contribution in [0.1, 0.15) is 0 Å². The number of aromatic nitrogens is 3.